The fraction of sp³-hybridized carbons (Fsp3) is 0.778. The van der Waals surface area contributed by atoms with Crippen molar-refractivity contribution < 1.29 is 30.0 Å². The van der Waals surface area contributed by atoms with Crippen LogP contribution in [-0.4, -0.2) is 61.4 Å². The van der Waals surface area contributed by atoms with Crippen molar-refractivity contribution in [3.8, 4) is 0 Å². The molecule has 7 heteroatoms. The van der Waals surface area contributed by atoms with E-state index in [9.17, 15) is 25.2 Å². The smallest absolute Gasteiger partial charge is 0.339 e. The average molecular weight is 474 g/mol. The molecule has 1 aromatic heterocycles. The summed E-state index contributed by atoms with van der Waals surface area (Å²) >= 11 is 0. The van der Waals surface area contributed by atoms with Crippen molar-refractivity contribution in [1.29, 1.82) is 0 Å². The van der Waals surface area contributed by atoms with E-state index >= 15 is 0 Å². The zero-order valence-electron chi connectivity index (χ0n) is 20.4. The molecule has 1 aromatic rings. The molecule has 0 bridgehead atoms. The first-order valence-electron chi connectivity index (χ1n) is 12.9. The van der Waals surface area contributed by atoms with Gasteiger partial charge in [-0.3, -0.25) is 4.98 Å². The number of pyridine rings is 1. The van der Waals surface area contributed by atoms with Crippen LogP contribution in [0.2, 0.25) is 0 Å². The molecule has 4 fully saturated rings. The van der Waals surface area contributed by atoms with Gasteiger partial charge in [0.15, 0.2) is 0 Å². The topological polar surface area (TPSA) is 120 Å². The number of aliphatic hydroxyl groups excluding tert-OH is 3. The quantitative estimate of drug-likeness (QED) is 0.498. The molecule has 4 aliphatic carbocycles. The number of carbonyl (C=O) groups excluding carboxylic acids is 1. The Morgan fingerprint density at radius 2 is 1.91 bits per heavy atom. The fourth-order valence-electron chi connectivity index (χ4n) is 8.87. The molecule has 5 rings (SSSR count). The molecule has 0 spiro atoms. The van der Waals surface area contributed by atoms with Crippen molar-refractivity contribution in [2.24, 2.45) is 34.5 Å². The molecule has 11 unspecified atom stereocenters. The lowest BCUT2D eigenvalue weighted by molar-refractivity contribution is -0.289. The largest absolute Gasteiger partial charge is 0.459 e. The van der Waals surface area contributed by atoms with Crippen LogP contribution in [0, 0.1) is 34.5 Å². The van der Waals surface area contributed by atoms with E-state index in [0.29, 0.717) is 24.8 Å². The summed E-state index contributed by atoms with van der Waals surface area (Å²) in [5, 5.41) is 45.8. The maximum Gasteiger partial charge on any atom is 0.339 e. The summed E-state index contributed by atoms with van der Waals surface area (Å²) < 4.78 is 5.81. The second-order valence-corrected chi connectivity index (χ2v) is 12.0. The van der Waals surface area contributed by atoms with Crippen LogP contribution in [0.3, 0.4) is 0 Å². The monoisotopic (exact) mass is 473 g/mol. The maximum absolute atomic E-state index is 12.7. The minimum atomic E-state index is -1.15. The van der Waals surface area contributed by atoms with Gasteiger partial charge in [-0.25, -0.2) is 4.79 Å². The fourth-order valence-corrected chi connectivity index (χ4v) is 8.87. The first kappa shape index (κ1) is 24.2. The number of carbonyl (C=O) groups is 1. The standard InChI is InChI=1S/C27H39NO6/c1-15(34-24(32)16-5-4-12-28-14-16)19-9-11-27(33)20-7-6-17-13-18(29)8-10-25(17,2)21(20)22(30)23(31)26(19,27)3/h4-5,12,14-15,17-23,29-31,33H,6-11,13H2,1-3H3. The Morgan fingerprint density at radius 3 is 2.62 bits per heavy atom. The third-order valence-corrected chi connectivity index (χ3v) is 10.7. The molecule has 34 heavy (non-hydrogen) atoms. The van der Waals surface area contributed by atoms with Gasteiger partial charge in [-0.2, -0.15) is 0 Å². The van der Waals surface area contributed by atoms with E-state index in [4.69, 9.17) is 4.74 Å². The van der Waals surface area contributed by atoms with Gasteiger partial charge in [0.2, 0.25) is 0 Å². The van der Waals surface area contributed by atoms with Crippen molar-refractivity contribution in [2.45, 2.75) is 95.7 Å². The molecule has 0 amide bonds. The van der Waals surface area contributed by atoms with Crippen LogP contribution in [0.1, 0.15) is 76.1 Å². The third kappa shape index (κ3) is 3.23. The van der Waals surface area contributed by atoms with Crippen molar-refractivity contribution >= 4 is 5.97 Å². The number of nitrogens with zero attached hydrogens (tertiary/aromatic N) is 1. The van der Waals surface area contributed by atoms with Gasteiger partial charge in [-0.15, -0.1) is 0 Å². The van der Waals surface area contributed by atoms with Crippen molar-refractivity contribution in [1.82, 2.24) is 4.98 Å². The summed E-state index contributed by atoms with van der Waals surface area (Å²) in [5.41, 5.74) is -2.02. The number of hydrogen-bond acceptors (Lipinski definition) is 7. The van der Waals surface area contributed by atoms with Gasteiger partial charge in [-0.05, 0) is 87.2 Å². The molecule has 0 radical (unpaired) electrons. The number of aromatic nitrogens is 1. The van der Waals surface area contributed by atoms with E-state index in [1.165, 1.54) is 6.20 Å². The highest BCUT2D eigenvalue weighted by molar-refractivity contribution is 5.89. The first-order valence-corrected chi connectivity index (χ1v) is 12.9. The predicted octanol–water partition coefficient (Wildman–Crippen LogP) is 2.70. The highest BCUT2D eigenvalue weighted by atomic mass is 16.5. The zero-order chi connectivity index (χ0) is 24.5. The predicted molar refractivity (Wildman–Crippen MR) is 125 cm³/mol. The lowest BCUT2D eigenvalue weighted by Crippen LogP contribution is -2.72. The summed E-state index contributed by atoms with van der Waals surface area (Å²) in [6, 6.07) is 3.33. The second kappa shape index (κ2) is 8.26. The Hall–Kier alpha value is -1.54. The number of fused-ring (bicyclic) bond motifs is 5. The van der Waals surface area contributed by atoms with Crippen molar-refractivity contribution in [3.05, 3.63) is 30.1 Å². The summed E-state index contributed by atoms with van der Waals surface area (Å²) in [4.78, 5) is 16.7. The minimum absolute atomic E-state index is 0.140. The van der Waals surface area contributed by atoms with Gasteiger partial charge in [0, 0.05) is 23.7 Å². The summed E-state index contributed by atoms with van der Waals surface area (Å²) in [7, 11) is 0. The van der Waals surface area contributed by atoms with Crippen LogP contribution in [0.4, 0.5) is 0 Å². The third-order valence-electron chi connectivity index (χ3n) is 10.7. The number of ether oxygens (including phenoxy) is 1. The van der Waals surface area contributed by atoms with Crippen LogP contribution < -0.4 is 0 Å². The molecule has 0 aromatic carbocycles. The Bertz CT molecular complexity index is 927. The molecule has 4 saturated carbocycles. The van der Waals surface area contributed by atoms with E-state index in [1.54, 1.807) is 18.3 Å². The van der Waals surface area contributed by atoms with Gasteiger partial charge in [0.05, 0.1) is 29.5 Å². The van der Waals surface area contributed by atoms with Crippen molar-refractivity contribution in [3.63, 3.8) is 0 Å². The molecule has 188 valence electrons. The van der Waals surface area contributed by atoms with E-state index < -0.39 is 35.3 Å². The second-order valence-electron chi connectivity index (χ2n) is 12.0. The highest BCUT2D eigenvalue weighted by Crippen LogP contribution is 2.69. The zero-order valence-corrected chi connectivity index (χ0v) is 20.4. The molecular weight excluding hydrogens is 434 g/mol. The van der Waals surface area contributed by atoms with E-state index in [1.807, 2.05) is 13.8 Å². The van der Waals surface area contributed by atoms with Gasteiger partial charge in [0.1, 0.15) is 6.10 Å². The summed E-state index contributed by atoms with van der Waals surface area (Å²) in [6.45, 7) is 5.89. The molecule has 11 atom stereocenters. The Labute approximate surface area is 201 Å². The minimum Gasteiger partial charge on any atom is -0.459 e. The number of esters is 1. The van der Waals surface area contributed by atoms with Crippen LogP contribution >= 0.6 is 0 Å². The molecule has 0 saturated heterocycles. The molecule has 0 aliphatic heterocycles. The highest BCUT2D eigenvalue weighted by Gasteiger charge is 2.73. The van der Waals surface area contributed by atoms with E-state index in [2.05, 4.69) is 11.9 Å². The van der Waals surface area contributed by atoms with Gasteiger partial charge in [-0.1, -0.05) is 13.8 Å². The molecular formula is C27H39NO6. The van der Waals surface area contributed by atoms with Crippen LogP contribution in [0.5, 0.6) is 0 Å². The van der Waals surface area contributed by atoms with Crippen LogP contribution in [0.15, 0.2) is 24.5 Å². The SMILES string of the molecule is CC(OC(=O)c1cccnc1)C1CCC2(O)C3CCC4CC(O)CCC4(C)C3C(O)C(O)C12C. The summed E-state index contributed by atoms with van der Waals surface area (Å²) in [6.07, 6.45) is 5.12. The molecule has 4 N–H and O–H groups in total. The van der Waals surface area contributed by atoms with Crippen LogP contribution in [0.25, 0.3) is 0 Å². The van der Waals surface area contributed by atoms with Crippen molar-refractivity contribution in [2.75, 3.05) is 0 Å². The lowest BCUT2D eigenvalue weighted by atomic mass is 9.41. The molecule has 4 aliphatic rings. The Morgan fingerprint density at radius 1 is 1.15 bits per heavy atom. The van der Waals surface area contributed by atoms with E-state index in [-0.39, 0.29) is 35.2 Å². The van der Waals surface area contributed by atoms with E-state index in [0.717, 1.165) is 25.7 Å². The normalized spacial score (nSPS) is 48.9. The Balaban J connectivity index is 1.44. The first-order chi connectivity index (χ1) is 16.0. The van der Waals surface area contributed by atoms with Crippen LogP contribution in [-0.2, 0) is 4.74 Å². The number of rotatable bonds is 3. The Kier molecular flexibility index (Phi) is 5.87. The number of hydrogen-bond donors (Lipinski definition) is 4. The summed E-state index contributed by atoms with van der Waals surface area (Å²) in [5.74, 6) is -0.846. The van der Waals surface area contributed by atoms with Gasteiger partial charge in [0.25, 0.3) is 0 Å². The number of aliphatic hydroxyl groups is 4. The molecule has 7 nitrogen and oxygen atoms in total. The van der Waals surface area contributed by atoms with Gasteiger partial charge >= 0.3 is 5.97 Å². The lowest BCUT2D eigenvalue weighted by Gasteiger charge is -2.66. The molecule has 1 heterocycles. The van der Waals surface area contributed by atoms with Gasteiger partial charge < -0.3 is 25.2 Å². The maximum atomic E-state index is 12.7. The average Bonchev–Trinajstić information content (AvgIpc) is 3.10.